The lowest BCUT2D eigenvalue weighted by molar-refractivity contribution is -0.117. The van der Waals surface area contributed by atoms with Crippen molar-refractivity contribution in [2.24, 2.45) is 5.92 Å². The maximum absolute atomic E-state index is 12.0. The molecule has 3 aromatic rings. The van der Waals surface area contributed by atoms with Gasteiger partial charge in [0.2, 0.25) is 5.91 Å². The number of aromatic nitrogens is 2. The van der Waals surface area contributed by atoms with Crippen LogP contribution in [0.3, 0.4) is 0 Å². The van der Waals surface area contributed by atoms with Gasteiger partial charge < -0.3 is 11.1 Å². The number of nitrogens with two attached hydrogens (primary N) is 1. The number of hydrogen-bond donors (Lipinski definition) is 2. The summed E-state index contributed by atoms with van der Waals surface area (Å²) >= 11 is 0. The third-order valence-electron chi connectivity index (χ3n) is 4.60. The molecule has 0 spiro atoms. The van der Waals surface area contributed by atoms with Crippen molar-refractivity contribution in [2.75, 3.05) is 11.1 Å². The van der Waals surface area contributed by atoms with Crippen molar-refractivity contribution in [1.29, 1.82) is 5.26 Å². The van der Waals surface area contributed by atoms with Gasteiger partial charge >= 0.3 is 0 Å². The van der Waals surface area contributed by atoms with Gasteiger partial charge in [-0.1, -0.05) is 0 Å². The highest BCUT2D eigenvalue weighted by molar-refractivity contribution is 6.00. The number of anilines is 2. The molecule has 0 radical (unpaired) electrons. The topological polar surface area (TPSA) is 105 Å². The number of carbonyl (C=O) groups is 1. The lowest BCUT2D eigenvalue weighted by Gasteiger charge is -2.11. The molecule has 6 nitrogen and oxygen atoms in total. The second-order valence-corrected chi connectivity index (χ2v) is 6.62. The fraction of sp³-hybridized carbons (Fsp3) is 0.200. The number of carbonyl (C=O) groups excluding carboxylic acids is 1. The molecule has 3 N–H and O–H groups in total. The van der Waals surface area contributed by atoms with Gasteiger partial charge in [0.25, 0.3) is 0 Å². The van der Waals surface area contributed by atoms with Crippen LogP contribution in [0.2, 0.25) is 0 Å². The first-order chi connectivity index (χ1) is 12.5. The van der Waals surface area contributed by atoms with Crippen LogP contribution in [0.1, 0.15) is 24.1 Å². The summed E-state index contributed by atoms with van der Waals surface area (Å²) < 4.78 is 0. The molecule has 1 fully saturated rings. The summed E-state index contributed by atoms with van der Waals surface area (Å²) in [4.78, 5) is 20.4. The Labute approximate surface area is 150 Å². The number of nitrogen functional groups attached to an aromatic ring is 1. The van der Waals surface area contributed by atoms with E-state index >= 15 is 0 Å². The molecule has 6 heteroatoms. The van der Waals surface area contributed by atoms with Gasteiger partial charge in [-0.2, -0.15) is 5.26 Å². The van der Waals surface area contributed by atoms with Crippen LogP contribution in [0.4, 0.5) is 11.5 Å². The molecule has 2 aromatic heterocycles. The van der Waals surface area contributed by atoms with Gasteiger partial charge in [-0.3, -0.25) is 4.79 Å². The number of fused-ring (bicyclic) bond motifs is 1. The van der Waals surface area contributed by atoms with Crippen LogP contribution in [-0.4, -0.2) is 15.9 Å². The van der Waals surface area contributed by atoms with Crippen molar-refractivity contribution in [3.63, 3.8) is 0 Å². The monoisotopic (exact) mass is 343 g/mol. The molecule has 0 saturated heterocycles. The van der Waals surface area contributed by atoms with Crippen molar-refractivity contribution in [3.05, 3.63) is 47.9 Å². The summed E-state index contributed by atoms with van der Waals surface area (Å²) in [6.07, 6.45) is 5.26. The van der Waals surface area contributed by atoms with E-state index < -0.39 is 0 Å². The lowest BCUT2D eigenvalue weighted by Crippen LogP contribution is -2.14. The van der Waals surface area contributed by atoms with Crippen LogP contribution in [0, 0.1) is 24.2 Å². The summed E-state index contributed by atoms with van der Waals surface area (Å²) in [6, 6.07) is 9.51. The number of hydrogen-bond acceptors (Lipinski definition) is 5. The van der Waals surface area contributed by atoms with Crippen molar-refractivity contribution < 1.29 is 4.79 Å². The first-order valence-corrected chi connectivity index (χ1v) is 8.42. The Morgan fingerprint density at radius 2 is 2.04 bits per heavy atom. The van der Waals surface area contributed by atoms with Crippen LogP contribution in [0.5, 0.6) is 0 Å². The molecule has 1 amide bonds. The first kappa shape index (κ1) is 16.0. The number of amides is 1. The SMILES string of the molecule is Cc1cc(C#N)ncc1-c1cc(N)c2cnc(NC(=O)C3CC3)cc2c1. The molecule has 1 aliphatic rings. The molecule has 0 atom stereocenters. The van der Waals surface area contributed by atoms with E-state index in [-0.39, 0.29) is 11.8 Å². The molecule has 0 aliphatic heterocycles. The molecule has 2 heterocycles. The third kappa shape index (κ3) is 2.95. The van der Waals surface area contributed by atoms with Crippen molar-refractivity contribution in [2.45, 2.75) is 19.8 Å². The Balaban J connectivity index is 1.76. The van der Waals surface area contributed by atoms with Gasteiger partial charge in [0, 0.05) is 34.9 Å². The summed E-state index contributed by atoms with van der Waals surface area (Å²) in [7, 11) is 0. The Morgan fingerprint density at radius 1 is 1.23 bits per heavy atom. The molecular weight excluding hydrogens is 326 g/mol. The van der Waals surface area contributed by atoms with Crippen molar-refractivity contribution in [1.82, 2.24) is 9.97 Å². The van der Waals surface area contributed by atoms with Crippen LogP contribution in [-0.2, 0) is 4.79 Å². The fourth-order valence-electron chi connectivity index (χ4n) is 3.00. The summed E-state index contributed by atoms with van der Waals surface area (Å²) in [5, 5.41) is 13.6. The van der Waals surface area contributed by atoms with Gasteiger partial charge in [-0.05, 0) is 60.5 Å². The highest BCUT2D eigenvalue weighted by atomic mass is 16.2. The van der Waals surface area contributed by atoms with Crippen molar-refractivity contribution >= 4 is 28.2 Å². The molecule has 26 heavy (non-hydrogen) atoms. The van der Waals surface area contributed by atoms with E-state index in [1.807, 2.05) is 31.2 Å². The molecule has 0 bridgehead atoms. The average molecular weight is 343 g/mol. The van der Waals surface area contributed by atoms with Gasteiger partial charge in [0.1, 0.15) is 17.6 Å². The number of benzene rings is 1. The summed E-state index contributed by atoms with van der Waals surface area (Å²) in [6.45, 7) is 1.94. The Hall–Kier alpha value is -3.46. The van der Waals surface area contributed by atoms with E-state index in [0.717, 1.165) is 40.3 Å². The summed E-state index contributed by atoms with van der Waals surface area (Å²) in [5.74, 6) is 0.671. The second-order valence-electron chi connectivity index (χ2n) is 6.62. The van der Waals surface area contributed by atoms with Crippen LogP contribution < -0.4 is 11.1 Å². The maximum atomic E-state index is 12.0. The number of nitrogens with one attached hydrogen (secondary N) is 1. The Morgan fingerprint density at radius 3 is 2.73 bits per heavy atom. The quantitative estimate of drug-likeness (QED) is 0.709. The molecule has 1 aliphatic carbocycles. The van der Waals surface area contributed by atoms with Gasteiger partial charge in [0.05, 0.1) is 0 Å². The van der Waals surface area contributed by atoms with E-state index in [1.165, 1.54) is 0 Å². The largest absolute Gasteiger partial charge is 0.398 e. The summed E-state index contributed by atoms with van der Waals surface area (Å²) in [5.41, 5.74) is 9.98. The Bertz CT molecular complexity index is 1080. The average Bonchev–Trinajstić information content (AvgIpc) is 3.46. The normalized spacial score (nSPS) is 13.4. The van der Waals surface area contributed by atoms with Crippen LogP contribution >= 0.6 is 0 Å². The predicted molar refractivity (Wildman–Crippen MR) is 100 cm³/mol. The van der Waals surface area contributed by atoms with Crippen LogP contribution in [0.15, 0.2) is 36.7 Å². The predicted octanol–water partition coefficient (Wildman–Crippen LogP) is 3.41. The lowest BCUT2D eigenvalue weighted by atomic mass is 9.98. The van der Waals surface area contributed by atoms with E-state index in [1.54, 1.807) is 18.5 Å². The zero-order valence-corrected chi connectivity index (χ0v) is 14.3. The van der Waals surface area contributed by atoms with E-state index in [9.17, 15) is 4.79 Å². The number of nitriles is 1. The van der Waals surface area contributed by atoms with Gasteiger partial charge in [-0.15, -0.1) is 0 Å². The van der Waals surface area contributed by atoms with E-state index in [4.69, 9.17) is 11.0 Å². The molecule has 4 rings (SSSR count). The highest BCUT2D eigenvalue weighted by Crippen LogP contribution is 2.33. The molecule has 1 saturated carbocycles. The van der Waals surface area contributed by atoms with Gasteiger partial charge in [-0.25, -0.2) is 9.97 Å². The minimum atomic E-state index is 0.0214. The number of rotatable bonds is 3. The fourth-order valence-corrected chi connectivity index (χ4v) is 3.00. The number of aryl methyl sites for hydroxylation is 1. The zero-order valence-electron chi connectivity index (χ0n) is 14.3. The van der Waals surface area contributed by atoms with E-state index in [0.29, 0.717) is 17.2 Å². The first-order valence-electron chi connectivity index (χ1n) is 8.42. The van der Waals surface area contributed by atoms with Crippen LogP contribution in [0.25, 0.3) is 21.9 Å². The maximum Gasteiger partial charge on any atom is 0.228 e. The molecular formula is C20H17N5O. The third-order valence-corrected chi connectivity index (χ3v) is 4.60. The second kappa shape index (κ2) is 6.12. The standard InChI is InChI=1S/C20H17N5O/c1-11-4-15(8-21)23-9-16(11)13-5-14-7-19(25-20(26)12-2-3-12)24-10-17(14)18(22)6-13/h4-7,9-10,12H,2-3,22H2,1H3,(H,24,25,26). The zero-order chi connectivity index (χ0) is 18.3. The highest BCUT2D eigenvalue weighted by Gasteiger charge is 2.29. The molecule has 1 aromatic carbocycles. The number of pyridine rings is 2. The van der Waals surface area contributed by atoms with Gasteiger partial charge in [0.15, 0.2) is 0 Å². The number of nitrogens with zero attached hydrogens (tertiary/aromatic N) is 3. The smallest absolute Gasteiger partial charge is 0.228 e. The minimum absolute atomic E-state index is 0.0214. The molecule has 0 unspecified atom stereocenters. The molecule has 128 valence electrons. The van der Waals surface area contributed by atoms with E-state index in [2.05, 4.69) is 15.3 Å². The minimum Gasteiger partial charge on any atom is -0.398 e. The Kier molecular flexibility index (Phi) is 3.77. The van der Waals surface area contributed by atoms with Crippen molar-refractivity contribution in [3.8, 4) is 17.2 Å².